The van der Waals surface area contributed by atoms with E-state index in [2.05, 4.69) is 10.3 Å². The molecule has 0 unspecified atom stereocenters. The number of hydrogen-bond donors (Lipinski definition) is 3. The predicted molar refractivity (Wildman–Crippen MR) is 188 cm³/mol. The maximum atomic E-state index is 14.1. The Hall–Kier alpha value is -5.63. The second-order valence-corrected chi connectivity index (χ2v) is 12.9. The topological polar surface area (TPSA) is 161 Å². The van der Waals surface area contributed by atoms with Gasteiger partial charge in [0, 0.05) is 44.1 Å². The molecule has 2 saturated heterocycles. The molecule has 0 spiro atoms. The van der Waals surface area contributed by atoms with E-state index >= 15 is 0 Å². The maximum absolute atomic E-state index is 14.1. The number of halogens is 1. The van der Waals surface area contributed by atoms with Gasteiger partial charge in [-0.05, 0) is 61.2 Å². The Labute approximate surface area is 294 Å². The Kier molecular flexibility index (Phi) is 10.4. The highest BCUT2D eigenvalue weighted by molar-refractivity contribution is 5.91. The third kappa shape index (κ3) is 7.91. The third-order valence-electron chi connectivity index (χ3n) is 9.63. The first kappa shape index (κ1) is 35.2. The number of nitrogens with one attached hydrogen (secondary N) is 1. The summed E-state index contributed by atoms with van der Waals surface area (Å²) in [4.78, 5) is 48.3. The van der Waals surface area contributed by atoms with Gasteiger partial charge in [0.1, 0.15) is 29.4 Å². The highest BCUT2D eigenvalue weighted by atomic mass is 19.1. The van der Waals surface area contributed by atoms with Crippen molar-refractivity contribution in [2.24, 2.45) is 5.92 Å². The summed E-state index contributed by atoms with van der Waals surface area (Å²) in [5, 5.41) is 14.4. The second kappa shape index (κ2) is 15.1. The number of carbonyl (C=O) groups is 2. The normalized spacial score (nSPS) is 18.5. The number of benzene rings is 3. The predicted octanol–water partition coefficient (Wildman–Crippen LogP) is 4.47. The van der Waals surface area contributed by atoms with Crippen molar-refractivity contribution in [2.45, 2.75) is 37.3 Å². The minimum Gasteiger partial charge on any atom is -0.497 e. The number of piperidine rings is 2. The molecular weight excluding hydrogens is 659 g/mol. The van der Waals surface area contributed by atoms with Crippen molar-refractivity contribution in [3.63, 3.8) is 0 Å². The lowest BCUT2D eigenvalue weighted by molar-refractivity contribution is -0.142. The fourth-order valence-electron chi connectivity index (χ4n) is 6.72. The lowest BCUT2D eigenvalue weighted by Crippen LogP contribution is -2.53. The zero-order chi connectivity index (χ0) is 36.1. The third-order valence-corrected chi connectivity index (χ3v) is 9.63. The molecule has 2 aliphatic heterocycles. The van der Waals surface area contributed by atoms with Gasteiger partial charge in [-0.3, -0.25) is 14.2 Å². The molecule has 2 fully saturated rings. The van der Waals surface area contributed by atoms with E-state index in [1.165, 1.54) is 42.3 Å². The molecule has 2 atom stereocenters. The van der Waals surface area contributed by atoms with E-state index in [-0.39, 0.29) is 73.6 Å². The standard InChI is InChI=1S/C37H41FN6O7/c1-49-27-12-13-30(31(20-27)50-2)41-36(47)43-17-14-28(29(21-43)24-6-4-3-5-7-24)34(45)42-18-15-37(48,16-19-42)22-44-23-40-33(32(39)35(44)46)51-26-10-8-25(38)9-11-26/h3-13,20,23,28-29,48H,14-19,21-22,39H2,1-2H3,(H,41,47)/t28-,29+/m1/s1. The Morgan fingerprint density at radius 3 is 2.37 bits per heavy atom. The molecule has 0 radical (unpaired) electrons. The van der Waals surface area contributed by atoms with Crippen molar-refractivity contribution in [1.29, 1.82) is 0 Å². The Morgan fingerprint density at radius 2 is 1.69 bits per heavy atom. The number of rotatable bonds is 9. The number of likely N-dealkylation sites (tertiary alicyclic amines) is 2. The Morgan fingerprint density at radius 1 is 0.980 bits per heavy atom. The van der Waals surface area contributed by atoms with E-state index in [0.29, 0.717) is 36.7 Å². The fraction of sp³-hybridized carbons (Fsp3) is 0.351. The van der Waals surface area contributed by atoms with Crippen LogP contribution in [0, 0.1) is 11.7 Å². The average Bonchev–Trinajstić information content (AvgIpc) is 3.15. The van der Waals surface area contributed by atoms with E-state index in [4.69, 9.17) is 19.9 Å². The summed E-state index contributed by atoms with van der Waals surface area (Å²) in [5.74, 6) is 0.118. The van der Waals surface area contributed by atoms with Gasteiger partial charge in [0.15, 0.2) is 5.69 Å². The van der Waals surface area contributed by atoms with Crippen LogP contribution >= 0.6 is 0 Å². The van der Waals surface area contributed by atoms with Crippen molar-refractivity contribution in [2.75, 3.05) is 51.4 Å². The lowest BCUT2D eigenvalue weighted by Gasteiger charge is -2.43. The van der Waals surface area contributed by atoms with Crippen LogP contribution in [0.15, 0.2) is 83.9 Å². The molecular formula is C37H41FN6O7. The van der Waals surface area contributed by atoms with Gasteiger partial charge in [0.05, 0.1) is 32.1 Å². The van der Waals surface area contributed by atoms with Crippen LogP contribution in [0.1, 0.15) is 30.7 Å². The van der Waals surface area contributed by atoms with Crippen molar-refractivity contribution in [3.05, 3.63) is 101 Å². The molecule has 4 aromatic rings. The quantitative estimate of drug-likeness (QED) is 0.229. The Balaban J connectivity index is 1.10. The summed E-state index contributed by atoms with van der Waals surface area (Å²) < 4.78 is 30.8. The zero-order valence-corrected chi connectivity index (χ0v) is 28.5. The number of aromatic nitrogens is 2. The van der Waals surface area contributed by atoms with Gasteiger partial charge >= 0.3 is 6.03 Å². The Bertz CT molecular complexity index is 1920. The van der Waals surface area contributed by atoms with Crippen LogP contribution in [0.2, 0.25) is 0 Å². The van der Waals surface area contributed by atoms with E-state index in [9.17, 15) is 23.9 Å². The number of methoxy groups -OCH3 is 2. The molecule has 3 heterocycles. The summed E-state index contributed by atoms with van der Waals surface area (Å²) in [7, 11) is 3.08. The maximum Gasteiger partial charge on any atom is 0.321 e. The van der Waals surface area contributed by atoms with Gasteiger partial charge in [-0.1, -0.05) is 30.3 Å². The van der Waals surface area contributed by atoms with Gasteiger partial charge in [0.25, 0.3) is 5.56 Å². The van der Waals surface area contributed by atoms with Crippen LogP contribution < -0.4 is 30.8 Å². The number of ether oxygens (including phenoxy) is 3. The van der Waals surface area contributed by atoms with Crippen molar-refractivity contribution < 1.29 is 33.3 Å². The number of anilines is 2. The molecule has 6 rings (SSSR count). The summed E-state index contributed by atoms with van der Waals surface area (Å²) in [6.07, 6.45) is 2.19. The van der Waals surface area contributed by atoms with Gasteiger partial charge in [-0.2, -0.15) is 0 Å². The van der Waals surface area contributed by atoms with E-state index < -0.39 is 17.0 Å². The molecule has 13 nitrogen and oxygen atoms in total. The molecule has 0 saturated carbocycles. The smallest absolute Gasteiger partial charge is 0.321 e. The van der Waals surface area contributed by atoms with Gasteiger partial charge in [-0.15, -0.1) is 0 Å². The van der Waals surface area contributed by atoms with E-state index in [0.717, 1.165) is 5.56 Å². The highest BCUT2D eigenvalue weighted by Crippen LogP contribution is 2.37. The molecule has 4 N–H and O–H groups in total. The molecule has 3 aromatic carbocycles. The summed E-state index contributed by atoms with van der Waals surface area (Å²) in [6.45, 7) is 1.22. The van der Waals surface area contributed by atoms with Crippen LogP contribution in [0.25, 0.3) is 0 Å². The van der Waals surface area contributed by atoms with Gasteiger partial charge in [0.2, 0.25) is 11.8 Å². The van der Waals surface area contributed by atoms with Crippen LogP contribution in [-0.2, 0) is 11.3 Å². The summed E-state index contributed by atoms with van der Waals surface area (Å²) >= 11 is 0. The molecule has 0 bridgehead atoms. The van der Waals surface area contributed by atoms with E-state index in [1.807, 2.05) is 30.3 Å². The van der Waals surface area contributed by atoms with Crippen molar-refractivity contribution >= 4 is 23.3 Å². The molecule has 2 aliphatic rings. The fourth-order valence-corrected chi connectivity index (χ4v) is 6.72. The monoisotopic (exact) mass is 700 g/mol. The average molecular weight is 701 g/mol. The molecule has 51 heavy (non-hydrogen) atoms. The minimum atomic E-state index is -1.28. The van der Waals surface area contributed by atoms with Gasteiger partial charge in [-0.25, -0.2) is 14.2 Å². The largest absolute Gasteiger partial charge is 0.497 e. The van der Waals surface area contributed by atoms with Crippen LogP contribution in [-0.4, -0.2) is 82.4 Å². The second-order valence-electron chi connectivity index (χ2n) is 12.9. The number of nitrogens with two attached hydrogens (primary N) is 1. The first-order chi connectivity index (χ1) is 24.6. The van der Waals surface area contributed by atoms with Crippen LogP contribution in [0.3, 0.4) is 0 Å². The highest BCUT2D eigenvalue weighted by Gasteiger charge is 2.41. The number of aliphatic hydroxyl groups is 1. The van der Waals surface area contributed by atoms with E-state index in [1.54, 1.807) is 35.1 Å². The first-order valence-corrected chi connectivity index (χ1v) is 16.7. The number of nitrogen functional groups attached to an aromatic ring is 1. The number of hydrogen-bond acceptors (Lipinski definition) is 9. The number of carbonyl (C=O) groups excluding carboxylic acids is 2. The van der Waals surface area contributed by atoms with Gasteiger partial charge < -0.3 is 40.2 Å². The molecule has 0 aliphatic carbocycles. The molecule has 14 heteroatoms. The number of amides is 3. The SMILES string of the molecule is COc1ccc(NC(=O)N2CC[C@@H](C(=O)N3CCC(O)(Cn4cnc(Oc5ccc(F)cc5)c(N)c4=O)CC3)[C@H](c3ccccc3)C2)c(OC)c1. The molecule has 1 aromatic heterocycles. The molecule has 268 valence electrons. The van der Waals surface area contributed by atoms with Crippen LogP contribution in [0.5, 0.6) is 23.1 Å². The number of urea groups is 1. The number of nitrogens with zero attached hydrogens (tertiary/aromatic N) is 4. The van der Waals surface area contributed by atoms with Crippen molar-refractivity contribution in [1.82, 2.24) is 19.4 Å². The zero-order valence-electron chi connectivity index (χ0n) is 28.5. The van der Waals surface area contributed by atoms with Crippen LogP contribution in [0.4, 0.5) is 20.6 Å². The lowest BCUT2D eigenvalue weighted by atomic mass is 9.79. The summed E-state index contributed by atoms with van der Waals surface area (Å²) in [5.41, 5.74) is 5.40. The first-order valence-electron chi connectivity index (χ1n) is 16.7. The summed E-state index contributed by atoms with van der Waals surface area (Å²) in [6, 6.07) is 19.8. The molecule has 3 amide bonds. The van der Waals surface area contributed by atoms with Crippen molar-refractivity contribution in [3.8, 4) is 23.1 Å². The minimum absolute atomic E-state index is 0.0341.